The van der Waals surface area contributed by atoms with Crippen molar-refractivity contribution in [2.24, 2.45) is 5.73 Å². The SMILES string of the molecule is NC(CS(=O)(=O)c1ccc(F)c(F)c1)C(=O)O. The van der Waals surface area contributed by atoms with Gasteiger partial charge >= 0.3 is 5.97 Å². The number of carbonyl (C=O) groups is 1. The zero-order valence-electron chi connectivity index (χ0n) is 8.43. The van der Waals surface area contributed by atoms with Crippen LogP contribution in [-0.4, -0.2) is 31.3 Å². The highest BCUT2D eigenvalue weighted by Gasteiger charge is 2.24. The van der Waals surface area contributed by atoms with Crippen LogP contribution >= 0.6 is 0 Å². The lowest BCUT2D eigenvalue weighted by Gasteiger charge is -2.08. The summed E-state index contributed by atoms with van der Waals surface area (Å²) in [7, 11) is -4.06. The van der Waals surface area contributed by atoms with Gasteiger partial charge in [-0.1, -0.05) is 0 Å². The van der Waals surface area contributed by atoms with Crippen molar-refractivity contribution >= 4 is 15.8 Å². The number of hydrogen-bond donors (Lipinski definition) is 2. The highest BCUT2D eigenvalue weighted by Crippen LogP contribution is 2.15. The van der Waals surface area contributed by atoms with Crippen LogP contribution in [0, 0.1) is 11.6 Å². The third kappa shape index (κ3) is 3.21. The lowest BCUT2D eigenvalue weighted by molar-refractivity contribution is -0.137. The fourth-order valence-corrected chi connectivity index (χ4v) is 2.44. The third-order valence-corrected chi connectivity index (χ3v) is 3.74. The molecular weight excluding hydrogens is 256 g/mol. The summed E-state index contributed by atoms with van der Waals surface area (Å²) in [5, 5.41) is 8.47. The smallest absolute Gasteiger partial charge is 0.321 e. The van der Waals surface area contributed by atoms with Crippen LogP contribution < -0.4 is 5.73 Å². The molecule has 0 aliphatic rings. The molecule has 0 aliphatic carbocycles. The normalized spacial score (nSPS) is 13.4. The number of benzene rings is 1. The van der Waals surface area contributed by atoms with Crippen molar-refractivity contribution in [3.05, 3.63) is 29.8 Å². The van der Waals surface area contributed by atoms with Crippen molar-refractivity contribution in [1.29, 1.82) is 0 Å². The highest BCUT2D eigenvalue weighted by molar-refractivity contribution is 7.91. The number of rotatable bonds is 4. The molecule has 0 heterocycles. The Morgan fingerprint density at radius 2 is 1.94 bits per heavy atom. The molecule has 0 amide bonds. The number of hydrogen-bond acceptors (Lipinski definition) is 4. The summed E-state index contributed by atoms with van der Waals surface area (Å²) in [6, 6.07) is 0.365. The molecule has 0 radical (unpaired) electrons. The van der Waals surface area contributed by atoms with Gasteiger partial charge in [0.1, 0.15) is 6.04 Å². The molecule has 8 heteroatoms. The van der Waals surface area contributed by atoms with Crippen molar-refractivity contribution in [1.82, 2.24) is 0 Å². The first kappa shape index (κ1) is 13.5. The minimum absolute atomic E-state index is 0.485. The summed E-state index contributed by atoms with van der Waals surface area (Å²) in [6.45, 7) is 0. The van der Waals surface area contributed by atoms with E-state index in [4.69, 9.17) is 10.8 Å². The Bertz CT molecular complexity index is 544. The lowest BCUT2D eigenvalue weighted by Crippen LogP contribution is -2.37. The summed E-state index contributed by atoms with van der Waals surface area (Å²) in [6.07, 6.45) is 0. The second-order valence-corrected chi connectivity index (χ2v) is 5.34. The average molecular weight is 265 g/mol. The predicted molar refractivity (Wildman–Crippen MR) is 54.0 cm³/mol. The quantitative estimate of drug-likeness (QED) is 0.755. The third-order valence-electron chi connectivity index (χ3n) is 1.97. The number of carboxylic acids is 1. The van der Waals surface area contributed by atoms with Gasteiger partial charge in [-0.3, -0.25) is 4.79 Å². The molecule has 0 spiro atoms. The standard InChI is InChI=1S/C9H9F2NO4S/c10-6-2-1-5(3-7(6)11)17(15,16)4-8(12)9(13)14/h1-3,8H,4,12H2,(H,13,14). The summed E-state index contributed by atoms with van der Waals surface area (Å²) in [4.78, 5) is 9.90. The number of sulfone groups is 1. The number of carboxylic acid groups (broad SMARTS) is 1. The Labute approximate surface area is 95.8 Å². The maximum absolute atomic E-state index is 12.8. The first-order chi connectivity index (χ1) is 7.74. The molecule has 1 unspecified atom stereocenters. The van der Waals surface area contributed by atoms with E-state index in [1.54, 1.807) is 0 Å². The van der Waals surface area contributed by atoms with Crippen molar-refractivity contribution in [2.45, 2.75) is 10.9 Å². The van der Waals surface area contributed by atoms with Gasteiger partial charge in [0.25, 0.3) is 0 Å². The van der Waals surface area contributed by atoms with E-state index in [-0.39, 0.29) is 0 Å². The molecule has 1 aromatic carbocycles. The van der Waals surface area contributed by atoms with Gasteiger partial charge in [0.05, 0.1) is 10.6 Å². The van der Waals surface area contributed by atoms with Crippen LogP contribution in [0.5, 0.6) is 0 Å². The number of aliphatic carboxylic acids is 1. The van der Waals surface area contributed by atoms with Crippen LogP contribution in [0.3, 0.4) is 0 Å². The maximum atomic E-state index is 12.8. The predicted octanol–water partition coefficient (Wildman–Crippen LogP) is 0.150. The first-order valence-electron chi connectivity index (χ1n) is 4.40. The topological polar surface area (TPSA) is 97.5 Å². The summed E-state index contributed by atoms with van der Waals surface area (Å²) < 4.78 is 48.6. The van der Waals surface area contributed by atoms with Gasteiger partial charge in [0.2, 0.25) is 0 Å². The molecular formula is C9H9F2NO4S. The molecule has 0 aromatic heterocycles. The van der Waals surface area contributed by atoms with Crippen LogP contribution in [0.15, 0.2) is 23.1 Å². The zero-order chi connectivity index (χ0) is 13.2. The van der Waals surface area contributed by atoms with Gasteiger partial charge in [-0.05, 0) is 18.2 Å². The monoisotopic (exact) mass is 265 g/mol. The molecule has 1 rings (SSSR count). The van der Waals surface area contributed by atoms with Gasteiger partial charge in [0.15, 0.2) is 21.5 Å². The minimum Gasteiger partial charge on any atom is -0.480 e. The Morgan fingerprint density at radius 3 is 2.41 bits per heavy atom. The molecule has 1 aromatic rings. The molecule has 94 valence electrons. The van der Waals surface area contributed by atoms with E-state index in [9.17, 15) is 22.0 Å². The van der Waals surface area contributed by atoms with E-state index >= 15 is 0 Å². The molecule has 0 aliphatic heterocycles. The second-order valence-electron chi connectivity index (χ2n) is 3.30. The summed E-state index contributed by atoms with van der Waals surface area (Å²) >= 11 is 0. The van der Waals surface area contributed by atoms with Crippen molar-refractivity contribution in [3.8, 4) is 0 Å². The van der Waals surface area contributed by atoms with Crippen LogP contribution in [0.2, 0.25) is 0 Å². The molecule has 0 bridgehead atoms. The second kappa shape index (κ2) is 4.76. The van der Waals surface area contributed by atoms with Gasteiger partial charge in [-0.2, -0.15) is 0 Å². The fourth-order valence-electron chi connectivity index (χ4n) is 1.07. The molecule has 1 atom stereocenters. The van der Waals surface area contributed by atoms with Gasteiger partial charge in [-0.25, -0.2) is 17.2 Å². The maximum Gasteiger partial charge on any atom is 0.321 e. The van der Waals surface area contributed by atoms with E-state index in [2.05, 4.69) is 0 Å². The van der Waals surface area contributed by atoms with Crippen molar-refractivity contribution in [3.63, 3.8) is 0 Å². The van der Waals surface area contributed by atoms with E-state index < -0.39 is 44.1 Å². The molecule has 17 heavy (non-hydrogen) atoms. The average Bonchev–Trinajstić information content (AvgIpc) is 2.21. The Kier molecular flexibility index (Phi) is 3.79. The largest absolute Gasteiger partial charge is 0.480 e. The van der Waals surface area contributed by atoms with E-state index in [0.717, 1.165) is 6.07 Å². The Hall–Kier alpha value is -1.54. The number of halogens is 2. The summed E-state index contributed by atoms with van der Waals surface area (Å²) in [5.41, 5.74) is 5.06. The minimum atomic E-state index is -4.06. The van der Waals surface area contributed by atoms with Crippen LogP contribution in [0.25, 0.3) is 0 Å². The Balaban J connectivity index is 3.05. The Morgan fingerprint density at radius 1 is 1.35 bits per heavy atom. The van der Waals surface area contributed by atoms with Crippen LogP contribution in [0.1, 0.15) is 0 Å². The van der Waals surface area contributed by atoms with Gasteiger partial charge < -0.3 is 10.8 Å². The van der Waals surface area contributed by atoms with E-state index in [1.165, 1.54) is 0 Å². The van der Waals surface area contributed by atoms with Gasteiger partial charge in [0, 0.05) is 0 Å². The highest BCUT2D eigenvalue weighted by atomic mass is 32.2. The van der Waals surface area contributed by atoms with E-state index in [1.807, 2.05) is 0 Å². The van der Waals surface area contributed by atoms with Crippen molar-refractivity contribution < 1.29 is 27.1 Å². The van der Waals surface area contributed by atoms with Crippen molar-refractivity contribution in [2.75, 3.05) is 5.75 Å². The van der Waals surface area contributed by atoms with E-state index in [0.29, 0.717) is 12.1 Å². The fraction of sp³-hybridized carbons (Fsp3) is 0.222. The molecule has 0 saturated carbocycles. The summed E-state index contributed by atoms with van der Waals surface area (Å²) in [5.74, 6) is -4.88. The molecule has 3 N–H and O–H groups in total. The zero-order valence-corrected chi connectivity index (χ0v) is 9.25. The van der Waals surface area contributed by atoms with Crippen LogP contribution in [0.4, 0.5) is 8.78 Å². The first-order valence-corrected chi connectivity index (χ1v) is 6.05. The lowest BCUT2D eigenvalue weighted by atomic mass is 10.3. The van der Waals surface area contributed by atoms with Gasteiger partial charge in [-0.15, -0.1) is 0 Å². The molecule has 5 nitrogen and oxygen atoms in total. The molecule has 0 saturated heterocycles. The van der Waals surface area contributed by atoms with Crippen LogP contribution in [-0.2, 0) is 14.6 Å². The number of nitrogens with two attached hydrogens (primary N) is 1. The molecule has 0 fully saturated rings.